The highest BCUT2D eigenvalue weighted by Gasteiger charge is 2.30. The zero-order valence-electron chi connectivity index (χ0n) is 15.5. The lowest BCUT2D eigenvalue weighted by molar-refractivity contribution is -0.165. The van der Waals surface area contributed by atoms with Crippen molar-refractivity contribution in [3.8, 4) is 0 Å². The van der Waals surface area contributed by atoms with Gasteiger partial charge in [0.1, 0.15) is 0 Å². The average molecular weight is 432 g/mol. The molecule has 29 heavy (non-hydrogen) atoms. The van der Waals surface area contributed by atoms with Crippen LogP contribution in [0.25, 0.3) is 0 Å². The molecular weight excluding hydrogens is 404 g/mol. The molecule has 14 nitrogen and oxygen atoms in total. The Bertz CT molecular complexity index is 421. The summed E-state index contributed by atoms with van der Waals surface area (Å²) in [4.78, 5) is 39.1. The Labute approximate surface area is 164 Å². The van der Waals surface area contributed by atoms with Crippen molar-refractivity contribution in [1.82, 2.24) is 0 Å². The molecule has 172 valence electrons. The van der Waals surface area contributed by atoms with E-state index in [-0.39, 0.29) is 6.61 Å². The van der Waals surface area contributed by atoms with Crippen molar-refractivity contribution >= 4 is 23.9 Å². The molecule has 0 spiro atoms. The van der Waals surface area contributed by atoms with Gasteiger partial charge in [-0.05, 0) is 6.42 Å². The Kier molecular flexibility index (Phi) is 19.1. The Morgan fingerprint density at radius 3 is 1.07 bits per heavy atom. The summed E-state index contributed by atoms with van der Waals surface area (Å²) in [7, 11) is 0. The van der Waals surface area contributed by atoms with Crippen molar-refractivity contribution < 1.29 is 70.2 Å². The molecule has 10 N–H and O–H groups in total. The molecule has 5 atom stereocenters. The van der Waals surface area contributed by atoms with Gasteiger partial charge in [0.2, 0.25) is 0 Å². The lowest BCUT2D eigenvalue weighted by Gasteiger charge is -2.07. The number of aliphatic carboxylic acids is 4. The number of carboxylic acids is 4. The van der Waals surface area contributed by atoms with Gasteiger partial charge >= 0.3 is 23.9 Å². The molecule has 0 bridgehead atoms. The summed E-state index contributed by atoms with van der Waals surface area (Å²) >= 11 is 0. The average Bonchev–Trinajstić information content (AvgIpc) is 2.66. The SMILES string of the molecule is CCCCCC(O)CO.O=C(O)C(O)C(O)C(=O)O.O=C(O)C(O)C(O)C(=O)O. The number of aliphatic hydroxyl groups excluding tert-OH is 6. The summed E-state index contributed by atoms with van der Waals surface area (Å²) < 4.78 is 0. The molecule has 0 radical (unpaired) electrons. The van der Waals surface area contributed by atoms with Gasteiger partial charge in [-0.1, -0.05) is 26.2 Å². The third-order valence-electron chi connectivity index (χ3n) is 2.96. The Hall–Kier alpha value is -2.36. The van der Waals surface area contributed by atoms with Crippen LogP contribution in [0.5, 0.6) is 0 Å². The van der Waals surface area contributed by atoms with Crippen molar-refractivity contribution in [2.75, 3.05) is 6.61 Å². The Morgan fingerprint density at radius 2 is 0.897 bits per heavy atom. The smallest absolute Gasteiger partial charge is 0.335 e. The minimum atomic E-state index is -2.27. The van der Waals surface area contributed by atoms with Crippen LogP contribution in [0, 0.1) is 0 Å². The number of unbranched alkanes of at least 4 members (excludes halogenated alkanes) is 2. The molecule has 0 aliphatic rings. The number of hydrogen-bond donors (Lipinski definition) is 10. The summed E-state index contributed by atoms with van der Waals surface area (Å²) in [6.45, 7) is 2.02. The first kappa shape index (κ1) is 31.3. The van der Waals surface area contributed by atoms with E-state index in [0.717, 1.165) is 25.7 Å². The maximum atomic E-state index is 9.77. The molecule has 0 fully saturated rings. The van der Waals surface area contributed by atoms with E-state index in [2.05, 4.69) is 6.92 Å². The molecule has 0 aliphatic heterocycles. The highest BCUT2D eigenvalue weighted by Crippen LogP contribution is 2.01. The molecule has 0 aromatic carbocycles. The van der Waals surface area contributed by atoms with E-state index in [1.165, 1.54) is 0 Å². The van der Waals surface area contributed by atoms with Crippen molar-refractivity contribution in [1.29, 1.82) is 0 Å². The first-order valence-electron chi connectivity index (χ1n) is 8.16. The summed E-state index contributed by atoms with van der Waals surface area (Å²) in [5.74, 6) is -7.07. The highest BCUT2D eigenvalue weighted by molar-refractivity contribution is 5.83. The van der Waals surface area contributed by atoms with Gasteiger partial charge in [0.25, 0.3) is 0 Å². The molecule has 0 amide bonds. The van der Waals surface area contributed by atoms with E-state index >= 15 is 0 Å². The van der Waals surface area contributed by atoms with Gasteiger partial charge in [0, 0.05) is 0 Å². The zero-order chi connectivity index (χ0) is 23.7. The maximum Gasteiger partial charge on any atom is 0.335 e. The number of rotatable bonds is 11. The van der Waals surface area contributed by atoms with Gasteiger partial charge in [0.05, 0.1) is 12.7 Å². The first-order chi connectivity index (χ1) is 13.2. The molecule has 5 unspecified atom stereocenters. The van der Waals surface area contributed by atoms with E-state index < -0.39 is 54.4 Å². The fourth-order valence-electron chi connectivity index (χ4n) is 1.26. The number of aliphatic hydroxyl groups is 6. The standard InChI is InChI=1S/C7H16O2.2C4H6O6/c1-2-3-4-5-7(9)6-8;2*5-1(3(7)8)2(6)4(9)10/h7-9H,2-6H2,1H3;2*1-2,5-6H,(H,7,8)(H,9,10). The van der Waals surface area contributed by atoms with Crippen LogP contribution in [0.15, 0.2) is 0 Å². The van der Waals surface area contributed by atoms with E-state index in [1.54, 1.807) is 0 Å². The highest BCUT2D eigenvalue weighted by atomic mass is 16.4. The number of carbonyl (C=O) groups is 4. The zero-order valence-corrected chi connectivity index (χ0v) is 15.5. The van der Waals surface area contributed by atoms with Gasteiger partial charge in [-0.25, -0.2) is 19.2 Å². The second kappa shape index (κ2) is 17.7. The van der Waals surface area contributed by atoms with Crippen molar-refractivity contribution in [2.45, 2.75) is 63.1 Å². The molecule has 0 rings (SSSR count). The van der Waals surface area contributed by atoms with Crippen molar-refractivity contribution in [3.05, 3.63) is 0 Å². The van der Waals surface area contributed by atoms with Gasteiger partial charge in [-0.3, -0.25) is 0 Å². The molecule has 0 saturated heterocycles. The van der Waals surface area contributed by atoms with E-state index in [9.17, 15) is 19.2 Å². The summed E-state index contributed by atoms with van der Waals surface area (Å²) in [6, 6.07) is 0. The topological polar surface area (TPSA) is 271 Å². The van der Waals surface area contributed by atoms with Gasteiger partial charge < -0.3 is 51.1 Å². The summed E-state index contributed by atoms with van der Waals surface area (Å²) in [5, 5.41) is 82.3. The Morgan fingerprint density at radius 1 is 0.621 bits per heavy atom. The molecule has 0 aromatic heterocycles. The van der Waals surface area contributed by atoms with Crippen molar-refractivity contribution in [3.63, 3.8) is 0 Å². The van der Waals surface area contributed by atoms with Crippen LogP contribution in [0.3, 0.4) is 0 Å². The summed E-state index contributed by atoms with van der Waals surface area (Å²) in [5.41, 5.74) is 0. The van der Waals surface area contributed by atoms with E-state index in [4.69, 9.17) is 51.1 Å². The van der Waals surface area contributed by atoms with Gasteiger partial charge in [-0.2, -0.15) is 0 Å². The molecule has 0 aliphatic carbocycles. The normalized spacial score (nSPS) is 15.1. The Balaban J connectivity index is -0.000000350. The number of hydrogen-bond acceptors (Lipinski definition) is 10. The monoisotopic (exact) mass is 432 g/mol. The molecule has 0 heterocycles. The lowest BCUT2D eigenvalue weighted by atomic mass is 10.1. The van der Waals surface area contributed by atoms with E-state index in [1.807, 2.05) is 0 Å². The fraction of sp³-hybridized carbons (Fsp3) is 0.733. The van der Waals surface area contributed by atoms with Crippen LogP contribution in [0.1, 0.15) is 32.6 Å². The third-order valence-corrected chi connectivity index (χ3v) is 2.96. The summed E-state index contributed by atoms with van der Waals surface area (Å²) in [6.07, 6.45) is -5.47. The minimum Gasteiger partial charge on any atom is -0.479 e. The van der Waals surface area contributed by atoms with Crippen LogP contribution in [-0.2, 0) is 19.2 Å². The first-order valence-corrected chi connectivity index (χ1v) is 8.16. The minimum absolute atomic E-state index is 0.0935. The van der Waals surface area contributed by atoms with Crippen LogP contribution in [0.2, 0.25) is 0 Å². The largest absolute Gasteiger partial charge is 0.479 e. The van der Waals surface area contributed by atoms with Gasteiger partial charge in [0.15, 0.2) is 24.4 Å². The van der Waals surface area contributed by atoms with Crippen LogP contribution in [-0.4, -0.2) is 112 Å². The molecule has 14 heteroatoms. The molecule has 0 saturated carbocycles. The van der Waals surface area contributed by atoms with Crippen LogP contribution >= 0.6 is 0 Å². The predicted molar refractivity (Wildman–Crippen MR) is 91.8 cm³/mol. The molecular formula is C15H28O14. The quantitative estimate of drug-likeness (QED) is 0.143. The van der Waals surface area contributed by atoms with Crippen LogP contribution < -0.4 is 0 Å². The number of carboxylic acid groups (broad SMARTS) is 4. The fourth-order valence-corrected chi connectivity index (χ4v) is 1.26. The molecule has 0 aromatic rings. The second-order valence-electron chi connectivity index (χ2n) is 5.46. The van der Waals surface area contributed by atoms with E-state index in [0.29, 0.717) is 0 Å². The second-order valence-corrected chi connectivity index (χ2v) is 5.46. The maximum absolute atomic E-state index is 9.77. The third kappa shape index (κ3) is 17.5. The lowest BCUT2D eigenvalue weighted by Crippen LogP contribution is -2.39. The predicted octanol–water partition coefficient (Wildman–Crippen LogP) is -3.33. The van der Waals surface area contributed by atoms with Crippen LogP contribution in [0.4, 0.5) is 0 Å². The van der Waals surface area contributed by atoms with Gasteiger partial charge in [-0.15, -0.1) is 0 Å². The van der Waals surface area contributed by atoms with Crippen molar-refractivity contribution in [2.24, 2.45) is 0 Å².